The zero-order chi connectivity index (χ0) is 9.97. The number of nitrogens with zero attached hydrogens (tertiary/aromatic N) is 3. The Kier molecular flexibility index (Phi) is 2.77. The Bertz CT molecular complexity index is 284. The van der Waals surface area contributed by atoms with E-state index >= 15 is 0 Å². The molecule has 0 bridgehead atoms. The molecule has 1 saturated heterocycles. The minimum Gasteiger partial charge on any atom is -0.300 e. The lowest BCUT2D eigenvalue weighted by molar-refractivity contribution is 0.272. The third-order valence-corrected chi connectivity index (χ3v) is 2.95. The molecule has 14 heavy (non-hydrogen) atoms. The minimum atomic E-state index is 0.589. The van der Waals surface area contributed by atoms with Crippen molar-refractivity contribution < 1.29 is 0 Å². The molecule has 1 atom stereocenters. The number of hydrogen-bond acceptors (Lipinski definition) is 3. The summed E-state index contributed by atoms with van der Waals surface area (Å²) in [5.74, 6) is 0.589. The van der Waals surface area contributed by atoms with E-state index in [9.17, 15) is 0 Å². The molecule has 1 aliphatic heterocycles. The van der Waals surface area contributed by atoms with Crippen LogP contribution in [-0.2, 0) is 0 Å². The standard InChI is InChI=1S/C11H17N3/c1-9(2)14-6-3-10(8-14)11-7-12-4-5-13-11/h4-5,7,9-10H,3,6,8H2,1-2H3. The largest absolute Gasteiger partial charge is 0.300 e. The molecule has 1 aromatic heterocycles. The van der Waals surface area contributed by atoms with E-state index in [2.05, 4.69) is 28.7 Å². The van der Waals surface area contributed by atoms with Gasteiger partial charge in [0.2, 0.25) is 0 Å². The minimum absolute atomic E-state index is 0.589. The maximum absolute atomic E-state index is 4.37. The van der Waals surface area contributed by atoms with Crippen LogP contribution in [0.2, 0.25) is 0 Å². The van der Waals surface area contributed by atoms with Gasteiger partial charge in [0.1, 0.15) is 0 Å². The molecule has 0 aromatic carbocycles. The predicted octanol–water partition coefficient (Wildman–Crippen LogP) is 1.67. The Hall–Kier alpha value is -0.960. The first-order chi connectivity index (χ1) is 6.77. The van der Waals surface area contributed by atoms with Crippen molar-refractivity contribution in [2.24, 2.45) is 0 Å². The van der Waals surface area contributed by atoms with Crippen LogP contribution in [0, 0.1) is 0 Å². The number of aromatic nitrogens is 2. The van der Waals surface area contributed by atoms with Crippen molar-refractivity contribution in [3.8, 4) is 0 Å². The molecule has 0 amide bonds. The van der Waals surface area contributed by atoms with Gasteiger partial charge in [0.05, 0.1) is 5.69 Å². The lowest BCUT2D eigenvalue weighted by atomic mass is 10.1. The summed E-state index contributed by atoms with van der Waals surface area (Å²) in [6.45, 7) is 6.83. The first kappa shape index (κ1) is 9.59. The van der Waals surface area contributed by atoms with E-state index in [1.165, 1.54) is 13.0 Å². The summed E-state index contributed by atoms with van der Waals surface area (Å²) >= 11 is 0. The molecule has 1 fully saturated rings. The zero-order valence-corrected chi connectivity index (χ0v) is 8.85. The third-order valence-electron chi connectivity index (χ3n) is 2.95. The van der Waals surface area contributed by atoms with Gasteiger partial charge in [0.15, 0.2) is 0 Å². The second kappa shape index (κ2) is 4.05. The van der Waals surface area contributed by atoms with Crippen LogP contribution in [0.5, 0.6) is 0 Å². The van der Waals surface area contributed by atoms with E-state index in [0.717, 1.165) is 12.2 Å². The van der Waals surface area contributed by atoms with E-state index in [-0.39, 0.29) is 0 Å². The van der Waals surface area contributed by atoms with Crippen molar-refractivity contribution in [2.45, 2.75) is 32.2 Å². The van der Waals surface area contributed by atoms with E-state index in [1.807, 2.05) is 6.20 Å². The summed E-state index contributed by atoms with van der Waals surface area (Å²) in [5.41, 5.74) is 1.15. The molecule has 1 aromatic rings. The van der Waals surface area contributed by atoms with Crippen molar-refractivity contribution in [2.75, 3.05) is 13.1 Å². The number of likely N-dealkylation sites (tertiary alicyclic amines) is 1. The van der Waals surface area contributed by atoms with Gasteiger partial charge in [-0.15, -0.1) is 0 Å². The summed E-state index contributed by atoms with van der Waals surface area (Å²) in [5, 5.41) is 0. The Morgan fingerprint density at radius 2 is 2.29 bits per heavy atom. The Morgan fingerprint density at radius 1 is 1.43 bits per heavy atom. The number of hydrogen-bond donors (Lipinski definition) is 0. The van der Waals surface area contributed by atoms with Crippen molar-refractivity contribution in [1.29, 1.82) is 0 Å². The van der Waals surface area contributed by atoms with Gasteiger partial charge in [-0.25, -0.2) is 0 Å². The van der Waals surface area contributed by atoms with Gasteiger partial charge < -0.3 is 4.90 Å². The van der Waals surface area contributed by atoms with Gasteiger partial charge in [-0.3, -0.25) is 9.97 Å². The molecular formula is C11H17N3. The quantitative estimate of drug-likeness (QED) is 0.712. The van der Waals surface area contributed by atoms with Crippen molar-refractivity contribution in [3.63, 3.8) is 0 Å². The molecule has 2 heterocycles. The topological polar surface area (TPSA) is 29.0 Å². The average Bonchev–Trinajstić information content (AvgIpc) is 2.68. The molecule has 1 unspecified atom stereocenters. The van der Waals surface area contributed by atoms with Crippen LogP contribution in [-0.4, -0.2) is 34.0 Å². The summed E-state index contributed by atoms with van der Waals surface area (Å²) in [6, 6.07) is 0.650. The van der Waals surface area contributed by atoms with Crippen LogP contribution in [0.4, 0.5) is 0 Å². The highest BCUT2D eigenvalue weighted by Crippen LogP contribution is 2.26. The van der Waals surface area contributed by atoms with E-state index < -0.39 is 0 Å². The number of rotatable bonds is 2. The normalized spacial score (nSPS) is 23.2. The summed E-state index contributed by atoms with van der Waals surface area (Å²) < 4.78 is 0. The molecule has 0 saturated carbocycles. The average molecular weight is 191 g/mol. The van der Waals surface area contributed by atoms with Crippen LogP contribution < -0.4 is 0 Å². The van der Waals surface area contributed by atoms with Crippen molar-refractivity contribution in [1.82, 2.24) is 14.9 Å². The van der Waals surface area contributed by atoms with Crippen LogP contribution in [0.3, 0.4) is 0 Å². The molecule has 2 rings (SSSR count). The van der Waals surface area contributed by atoms with E-state index in [1.54, 1.807) is 12.4 Å². The van der Waals surface area contributed by atoms with Crippen LogP contribution in [0.15, 0.2) is 18.6 Å². The van der Waals surface area contributed by atoms with E-state index in [4.69, 9.17) is 0 Å². The monoisotopic (exact) mass is 191 g/mol. The van der Waals surface area contributed by atoms with Crippen molar-refractivity contribution >= 4 is 0 Å². The van der Waals surface area contributed by atoms with Crippen LogP contribution in [0.25, 0.3) is 0 Å². The van der Waals surface area contributed by atoms with Gasteiger partial charge in [0, 0.05) is 37.1 Å². The Labute approximate surface area is 85.2 Å². The SMILES string of the molecule is CC(C)N1CCC(c2cnccn2)C1. The molecule has 3 nitrogen and oxygen atoms in total. The van der Waals surface area contributed by atoms with Crippen molar-refractivity contribution in [3.05, 3.63) is 24.3 Å². The smallest absolute Gasteiger partial charge is 0.0630 e. The highest BCUT2D eigenvalue weighted by molar-refractivity contribution is 5.06. The second-order valence-electron chi connectivity index (χ2n) is 4.20. The first-order valence-corrected chi connectivity index (χ1v) is 5.27. The lowest BCUT2D eigenvalue weighted by Crippen LogP contribution is -2.28. The molecule has 0 N–H and O–H groups in total. The fourth-order valence-electron chi connectivity index (χ4n) is 2.02. The zero-order valence-electron chi connectivity index (χ0n) is 8.85. The highest BCUT2D eigenvalue weighted by atomic mass is 15.2. The van der Waals surface area contributed by atoms with Gasteiger partial charge in [-0.05, 0) is 26.8 Å². The van der Waals surface area contributed by atoms with E-state index in [0.29, 0.717) is 12.0 Å². The Morgan fingerprint density at radius 3 is 2.86 bits per heavy atom. The maximum Gasteiger partial charge on any atom is 0.0630 e. The van der Waals surface area contributed by atoms with Gasteiger partial charge in [-0.2, -0.15) is 0 Å². The summed E-state index contributed by atoms with van der Waals surface area (Å²) in [7, 11) is 0. The van der Waals surface area contributed by atoms with Gasteiger partial charge >= 0.3 is 0 Å². The Balaban J connectivity index is 2.03. The molecular weight excluding hydrogens is 174 g/mol. The first-order valence-electron chi connectivity index (χ1n) is 5.27. The molecule has 1 aliphatic rings. The van der Waals surface area contributed by atoms with Gasteiger partial charge in [-0.1, -0.05) is 0 Å². The third kappa shape index (κ3) is 1.93. The molecule has 0 spiro atoms. The molecule has 3 heteroatoms. The lowest BCUT2D eigenvalue weighted by Gasteiger charge is -2.19. The van der Waals surface area contributed by atoms with Crippen LogP contribution in [0.1, 0.15) is 31.9 Å². The summed E-state index contributed by atoms with van der Waals surface area (Å²) in [4.78, 5) is 11.0. The van der Waals surface area contributed by atoms with Crippen LogP contribution >= 0.6 is 0 Å². The fourth-order valence-corrected chi connectivity index (χ4v) is 2.02. The highest BCUT2D eigenvalue weighted by Gasteiger charge is 2.26. The second-order valence-corrected chi connectivity index (χ2v) is 4.20. The molecule has 76 valence electrons. The van der Waals surface area contributed by atoms with Gasteiger partial charge in [0.25, 0.3) is 0 Å². The predicted molar refractivity (Wildman–Crippen MR) is 56.1 cm³/mol. The maximum atomic E-state index is 4.37. The molecule has 0 radical (unpaired) electrons. The summed E-state index contributed by atoms with van der Waals surface area (Å²) in [6.07, 6.45) is 6.64. The fraction of sp³-hybridized carbons (Fsp3) is 0.636. The molecule has 0 aliphatic carbocycles.